The van der Waals surface area contributed by atoms with Crippen LogP contribution in [0.25, 0.3) is 10.9 Å². The summed E-state index contributed by atoms with van der Waals surface area (Å²) in [6.07, 6.45) is 1.34. The third-order valence-electron chi connectivity index (χ3n) is 4.07. The second kappa shape index (κ2) is 7.09. The molecule has 0 unspecified atom stereocenters. The predicted octanol–water partition coefficient (Wildman–Crippen LogP) is 2.50. The highest BCUT2D eigenvalue weighted by Crippen LogP contribution is 2.32. The number of rotatable bonds is 4. The van der Waals surface area contributed by atoms with E-state index in [2.05, 4.69) is 10.3 Å². The van der Waals surface area contributed by atoms with E-state index >= 15 is 0 Å². The molecule has 0 aliphatic rings. The van der Waals surface area contributed by atoms with Gasteiger partial charge in [-0.3, -0.25) is 14.2 Å². The Balaban J connectivity index is 1.87. The standard InChI is InChI=1S/C18H17N3O4S/c1-10-11(2)26-16(15(10)18(24)25-3)20-14(22)8-21-9-19-13-7-5-4-6-12(13)17(21)23/h4-7,9H,8H2,1-3H3,(H,20,22). The van der Waals surface area contributed by atoms with E-state index in [-0.39, 0.29) is 12.1 Å². The van der Waals surface area contributed by atoms with Crippen molar-refractivity contribution in [3.05, 3.63) is 57.0 Å². The lowest BCUT2D eigenvalue weighted by Gasteiger charge is -2.08. The van der Waals surface area contributed by atoms with Crippen LogP contribution in [0.2, 0.25) is 0 Å². The Morgan fingerprint density at radius 1 is 1.27 bits per heavy atom. The number of aryl methyl sites for hydroxylation is 1. The van der Waals surface area contributed by atoms with Gasteiger partial charge in [-0.2, -0.15) is 0 Å². The van der Waals surface area contributed by atoms with Gasteiger partial charge in [0.2, 0.25) is 5.91 Å². The first-order chi connectivity index (χ1) is 12.4. The number of carbonyl (C=O) groups is 2. The number of anilines is 1. The van der Waals surface area contributed by atoms with Crippen molar-refractivity contribution in [2.75, 3.05) is 12.4 Å². The van der Waals surface area contributed by atoms with Crippen molar-refractivity contribution >= 4 is 39.1 Å². The third-order valence-corrected chi connectivity index (χ3v) is 5.20. The van der Waals surface area contributed by atoms with E-state index < -0.39 is 11.9 Å². The quantitative estimate of drug-likeness (QED) is 0.712. The van der Waals surface area contributed by atoms with Crippen LogP contribution in [0.3, 0.4) is 0 Å². The number of ether oxygens (including phenoxy) is 1. The summed E-state index contributed by atoms with van der Waals surface area (Å²) in [5, 5.41) is 3.56. The van der Waals surface area contributed by atoms with E-state index in [9.17, 15) is 14.4 Å². The SMILES string of the molecule is COC(=O)c1c(NC(=O)Cn2cnc3ccccc3c2=O)sc(C)c1C. The molecule has 8 heteroatoms. The third kappa shape index (κ3) is 3.23. The second-order valence-corrected chi connectivity index (χ2v) is 6.95. The fourth-order valence-corrected chi connectivity index (χ4v) is 3.67. The molecule has 26 heavy (non-hydrogen) atoms. The number of aromatic nitrogens is 2. The minimum absolute atomic E-state index is 0.201. The first-order valence-corrected chi connectivity index (χ1v) is 8.66. The fraction of sp³-hybridized carbons (Fsp3) is 0.222. The number of hydrogen-bond acceptors (Lipinski definition) is 6. The second-order valence-electron chi connectivity index (χ2n) is 5.72. The molecule has 1 amide bonds. The average Bonchev–Trinajstić information content (AvgIpc) is 2.90. The lowest BCUT2D eigenvalue weighted by molar-refractivity contribution is -0.116. The highest BCUT2D eigenvalue weighted by molar-refractivity contribution is 7.16. The Kier molecular flexibility index (Phi) is 4.85. The van der Waals surface area contributed by atoms with Gasteiger partial charge in [-0.25, -0.2) is 9.78 Å². The van der Waals surface area contributed by atoms with Crippen LogP contribution in [-0.2, 0) is 16.1 Å². The van der Waals surface area contributed by atoms with Gasteiger partial charge in [-0.05, 0) is 31.5 Å². The number of benzene rings is 1. The molecule has 0 saturated heterocycles. The van der Waals surface area contributed by atoms with Crippen LogP contribution in [0.15, 0.2) is 35.4 Å². The fourth-order valence-electron chi connectivity index (χ4n) is 2.60. The Bertz CT molecular complexity index is 1070. The number of carbonyl (C=O) groups excluding carboxylic acids is 2. The molecule has 2 heterocycles. The van der Waals surface area contributed by atoms with Gasteiger partial charge >= 0.3 is 5.97 Å². The van der Waals surface area contributed by atoms with Crippen molar-refractivity contribution in [1.82, 2.24) is 9.55 Å². The number of esters is 1. The molecule has 0 atom stereocenters. The molecule has 0 radical (unpaired) electrons. The van der Waals surface area contributed by atoms with Gasteiger partial charge in [-0.15, -0.1) is 11.3 Å². The number of amides is 1. The summed E-state index contributed by atoms with van der Waals surface area (Å²) >= 11 is 1.29. The largest absolute Gasteiger partial charge is 0.465 e. The van der Waals surface area contributed by atoms with Crippen LogP contribution in [0.1, 0.15) is 20.8 Å². The van der Waals surface area contributed by atoms with Crippen molar-refractivity contribution in [2.24, 2.45) is 0 Å². The summed E-state index contributed by atoms with van der Waals surface area (Å²) < 4.78 is 6.03. The number of methoxy groups -OCH3 is 1. The zero-order valence-electron chi connectivity index (χ0n) is 14.5. The molecule has 0 fully saturated rings. The van der Waals surface area contributed by atoms with Gasteiger partial charge in [0.1, 0.15) is 11.5 Å². The minimum Gasteiger partial charge on any atom is -0.465 e. The Labute approximate surface area is 153 Å². The molecule has 0 bridgehead atoms. The summed E-state index contributed by atoms with van der Waals surface area (Å²) in [7, 11) is 1.29. The number of nitrogens with zero attached hydrogens (tertiary/aromatic N) is 2. The van der Waals surface area contributed by atoms with E-state index in [1.54, 1.807) is 31.2 Å². The molecular formula is C18H17N3O4S. The first-order valence-electron chi connectivity index (χ1n) is 7.84. The van der Waals surface area contributed by atoms with Gasteiger partial charge in [0.15, 0.2) is 0 Å². The Hall–Kier alpha value is -3.00. The van der Waals surface area contributed by atoms with E-state index in [0.29, 0.717) is 21.5 Å². The van der Waals surface area contributed by atoms with Gasteiger partial charge < -0.3 is 10.1 Å². The minimum atomic E-state index is -0.508. The molecule has 134 valence electrons. The monoisotopic (exact) mass is 371 g/mol. The molecule has 3 rings (SSSR count). The van der Waals surface area contributed by atoms with Crippen LogP contribution in [0.5, 0.6) is 0 Å². The van der Waals surface area contributed by atoms with Gasteiger partial charge in [0.25, 0.3) is 5.56 Å². The number of fused-ring (bicyclic) bond motifs is 1. The highest BCUT2D eigenvalue weighted by Gasteiger charge is 2.21. The van der Waals surface area contributed by atoms with Crippen LogP contribution in [-0.4, -0.2) is 28.5 Å². The molecule has 0 spiro atoms. The molecule has 0 aliphatic heterocycles. The van der Waals surface area contributed by atoms with Crippen molar-refractivity contribution < 1.29 is 14.3 Å². The van der Waals surface area contributed by atoms with Gasteiger partial charge in [-0.1, -0.05) is 12.1 Å². The zero-order chi connectivity index (χ0) is 18.8. The van der Waals surface area contributed by atoms with Gasteiger partial charge in [0.05, 0.1) is 29.9 Å². The van der Waals surface area contributed by atoms with E-state index in [1.807, 2.05) is 6.92 Å². The van der Waals surface area contributed by atoms with Crippen molar-refractivity contribution in [3.63, 3.8) is 0 Å². The van der Waals surface area contributed by atoms with Crippen LogP contribution >= 0.6 is 11.3 Å². The Morgan fingerprint density at radius 3 is 2.73 bits per heavy atom. The van der Waals surface area contributed by atoms with E-state index in [1.165, 1.54) is 29.3 Å². The van der Waals surface area contributed by atoms with Gasteiger partial charge in [0, 0.05) is 4.88 Å². The molecule has 0 aliphatic carbocycles. The molecule has 1 aromatic carbocycles. The lowest BCUT2D eigenvalue weighted by Crippen LogP contribution is -2.28. The van der Waals surface area contributed by atoms with Crippen LogP contribution in [0.4, 0.5) is 5.00 Å². The highest BCUT2D eigenvalue weighted by atomic mass is 32.1. The molecule has 3 aromatic rings. The van der Waals surface area contributed by atoms with Crippen LogP contribution < -0.4 is 10.9 Å². The van der Waals surface area contributed by atoms with Crippen LogP contribution in [0, 0.1) is 13.8 Å². The summed E-state index contributed by atoms with van der Waals surface area (Å²) in [5.41, 5.74) is 1.39. The number of nitrogens with one attached hydrogen (secondary N) is 1. The first kappa shape index (κ1) is 17.8. The smallest absolute Gasteiger partial charge is 0.341 e. The normalized spacial score (nSPS) is 10.7. The zero-order valence-corrected chi connectivity index (χ0v) is 15.3. The Morgan fingerprint density at radius 2 is 2.00 bits per heavy atom. The van der Waals surface area contributed by atoms with Crippen molar-refractivity contribution in [1.29, 1.82) is 0 Å². The average molecular weight is 371 g/mol. The predicted molar refractivity (Wildman–Crippen MR) is 99.8 cm³/mol. The number of hydrogen-bond donors (Lipinski definition) is 1. The lowest BCUT2D eigenvalue weighted by atomic mass is 10.1. The topological polar surface area (TPSA) is 90.3 Å². The molecule has 1 N–H and O–H groups in total. The summed E-state index contributed by atoms with van der Waals surface area (Å²) in [6, 6.07) is 6.94. The summed E-state index contributed by atoms with van der Waals surface area (Å²) in [4.78, 5) is 42.0. The van der Waals surface area contributed by atoms with E-state index in [0.717, 1.165) is 10.4 Å². The number of para-hydroxylation sites is 1. The molecule has 2 aromatic heterocycles. The maximum absolute atomic E-state index is 12.5. The van der Waals surface area contributed by atoms with E-state index in [4.69, 9.17) is 4.74 Å². The molecule has 7 nitrogen and oxygen atoms in total. The number of thiophene rings is 1. The maximum Gasteiger partial charge on any atom is 0.341 e. The van der Waals surface area contributed by atoms with Crippen molar-refractivity contribution in [3.8, 4) is 0 Å². The molecular weight excluding hydrogens is 354 g/mol. The summed E-state index contributed by atoms with van der Waals surface area (Å²) in [6.45, 7) is 3.46. The molecule has 0 saturated carbocycles. The van der Waals surface area contributed by atoms with Crippen molar-refractivity contribution in [2.45, 2.75) is 20.4 Å². The maximum atomic E-state index is 12.5. The summed E-state index contributed by atoms with van der Waals surface area (Å²) in [5.74, 6) is -0.928.